The van der Waals surface area contributed by atoms with Crippen LogP contribution in [0.3, 0.4) is 0 Å². The third-order valence-electron chi connectivity index (χ3n) is 2.08. The summed E-state index contributed by atoms with van der Waals surface area (Å²) in [6.07, 6.45) is -3.02. The Morgan fingerprint density at radius 1 is 1.30 bits per heavy atom. The quantitative estimate of drug-likeness (QED) is 0.737. The van der Waals surface area contributed by atoms with Crippen LogP contribution in [0.1, 0.15) is 5.56 Å². The smallest absolute Gasteiger partial charge is 0.321 e. The van der Waals surface area contributed by atoms with Crippen molar-refractivity contribution < 1.29 is 18.0 Å². The van der Waals surface area contributed by atoms with Crippen LogP contribution in [0.5, 0.6) is 0 Å². The van der Waals surface area contributed by atoms with Gasteiger partial charge in [0.05, 0.1) is 15.0 Å². The molecule has 0 aliphatic rings. The Bertz CT molecular complexity index is 560. The number of nitrogens with one attached hydrogen (secondary N) is 1. The average Bonchev–Trinajstić information content (AvgIpc) is 2.37. The molecular weight excluding hydrogens is 358 g/mol. The van der Waals surface area contributed by atoms with Crippen LogP contribution in [-0.4, -0.2) is 12.2 Å². The molecule has 1 aromatic carbocycles. The first-order chi connectivity index (χ1) is 9.16. The molecule has 0 aromatic heterocycles. The number of carbonyl (C=O) groups is 1. The Balaban J connectivity index is 3.04. The highest BCUT2D eigenvalue weighted by Gasteiger charge is 2.33. The molecule has 1 N–H and O–H groups in total. The summed E-state index contributed by atoms with van der Waals surface area (Å²) in [6, 6.07) is 2.98. The zero-order valence-corrected chi connectivity index (χ0v) is 12.9. The highest BCUT2D eigenvalue weighted by Crippen LogP contribution is 2.36. The van der Waals surface area contributed by atoms with Gasteiger partial charge in [0.15, 0.2) is 0 Å². The second-order valence-corrected chi connectivity index (χ2v) is 5.64. The van der Waals surface area contributed by atoms with E-state index in [1.54, 1.807) is 6.26 Å². The fraction of sp³-hybridized carbons (Fsp3) is 0.182. The predicted molar refractivity (Wildman–Crippen MR) is 77.3 cm³/mol. The summed E-state index contributed by atoms with van der Waals surface area (Å²) in [5.41, 5.74) is -1.14. The maximum atomic E-state index is 12.7. The van der Waals surface area contributed by atoms with Crippen LogP contribution in [-0.2, 0) is 11.0 Å². The van der Waals surface area contributed by atoms with E-state index in [1.807, 2.05) is 0 Å². The molecule has 0 unspecified atom stereocenters. The molecule has 0 fully saturated rings. The summed E-state index contributed by atoms with van der Waals surface area (Å²) in [4.78, 5) is 11.6. The summed E-state index contributed by atoms with van der Waals surface area (Å²) in [5.74, 6) is -0.804. The highest BCUT2D eigenvalue weighted by molar-refractivity contribution is 8.04. The molecule has 1 amide bonds. The van der Waals surface area contributed by atoms with Crippen molar-refractivity contribution in [3.05, 3.63) is 38.2 Å². The Labute approximate surface area is 132 Å². The van der Waals surface area contributed by atoms with Gasteiger partial charge >= 0.3 is 6.18 Å². The van der Waals surface area contributed by atoms with Gasteiger partial charge in [-0.3, -0.25) is 4.79 Å². The van der Waals surface area contributed by atoms with E-state index in [2.05, 4.69) is 5.32 Å². The van der Waals surface area contributed by atoms with Crippen molar-refractivity contribution in [2.75, 3.05) is 11.6 Å². The first-order valence-electron chi connectivity index (χ1n) is 4.94. The third-order valence-corrected chi connectivity index (χ3v) is 4.19. The number of anilines is 1. The van der Waals surface area contributed by atoms with E-state index in [4.69, 9.17) is 34.8 Å². The molecule has 0 saturated carbocycles. The van der Waals surface area contributed by atoms with Crippen molar-refractivity contribution >= 4 is 58.2 Å². The molecule has 0 spiro atoms. The molecule has 110 valence electrons. The molecule has 0 aliphatic heterocycles. The van der Waals surface area contributed by atoms with Gasteiger partial charge in [0.25, 0.3) is 5.91 Å². The Kier molecular flexibility index (Phi) is 6.06. The van der Waals surface area contributed by atoms with Gasteiger partial charge in [-0.05, 0) is 24.5 Å². The number of rotatable bonds is 3. The molecule has 1 aromatic rings. The number of thioether (sulfide) groups is 1. The standard InChI is InChI=1S/C11H7Cl3F3NOS/c1-20-9(14)8(13)10(19)18-5-2-3-7(12)6(4-5)11(15,16)17/h2-4H,1H3,(H,18,19). The number of amides is 1. The number of halogens is 6. The Morgan fingerprint density at radius 2 is 1.90 bits per heavy atom. The SMILES string of the molecule is CSC(Cl)=C(Cl)C(=O)Nc1ccc(Cl)c(C(F)(F)F)c1. The number of hydrogen-bond acceptors (Lipinski definition) is 2. The molecule has 1 rings (SSSR count). The first kappa shape index (κ1) is 17.5. The first-order valence-corrected chi connectivity index (χ1v) is 7.30. The largest absolute Gasteiger partial charge is 0.417 e. The topological polar surface area (TPSA) is 29.1 Å². The zero-order valence-electron chi connectivity index (χ0n) is 9.82. The molecule has 2 nitrogen and oxygen atoms in total. The molecular formula is C11H7Cl3F3NOS. The van der Waals surface area contributed by atoms with Crippen molar-refractivity contribution in [2.45, 2.75) is 6.18 Å². The van der Waals surface area contributed by atoms with Gasteiger partial charge in [-0.2, -0.15) is 13.2 Å². The number of carbonyl (C=O) groups excluding carboxylic acids is 1. The van der Waals surface area contributed by atoms with Crippen molar-refractivity contribution in [3.63, 3.8) is 0 Å². The van der Waals surface area contributed by atoms with E-state index < -0.39 is 22.7 Å². The van der Waals surface area contributed by atoms with Crippen LogP contribution in [0.4, 0.5) is 18.9 Å². The molecule has 0 saturated heterocycles. The van der Waals surface area contributed by atoms with Crippen molar-refractivity contribution in [2.24, 2.45) is 0 Å². The second kappa shape index (κ2) is 6.93. The molecule has 0 heterocycles. The minimum atomic E-state index is -4.62. The average molecular weight is 365 g/mol. The Hall–Kier alpha value is -0.560. The van der Waals surface area contributed by atoms with E-state index in [1.165, 1.54) is 6.07 Å². The van der Waals surface area contributed by atoms with Crippen molar-refractivity contribution in [1.29, 1.82) is 0 Å². The lowest BCUT2D eigenvalue weighted by molar-refractivity contribution is -0.137. The summed E-state index contributed by atoms with van der Waals surface area (Å²) >= 11 is 17.8. The maximum Gasteiger partial charge on any atom is 0.417 e. The van der Waals surface area contributed by atoms with E-state index in [9.17, 15) is 18.0 Å². The third kappa shape index (κ3) is 4.48. The van der Waals surface area contributed by atoms with Gasteiger partial charge in [0, 0.05) is 5.69 Å². The normalized spacial score (nSPS) is 12.9. The maximum absolute atomic E-state index is 12.7. The van der Waals surface area contributed by atoms with Crippen LogP contribution in [0.15, 0.2) is 27.6 Å². The molecule has 20 heavy (non-hydrogen) atoms. The van der Waals surface area contributed by atoms with Gasteiger partial charge in [-0.15, -0.1) is 11.8 Å². The molecule has 0 radical (unpaired) electrons. The zero-order chi connectivity index (χ0) is 15.5. The van der Waals surface area contributed by atoms with Gasteiger partial charge in [-0.1, -0.05) is 34.8 Å². The lowest BCUT2D eigenvalue weighted by atomic mass is 10.2. The van der Waals surface area contributed by atoms with Crippen LogP contribution in [0, 0.1) is 0 Å². The number of alkyl halides is 3. The lowest BCUT2D eigenvalue weighted by Crippen LogP contribution is -2.13. The van der Waals surface area contributed by atoms with Gasteiger partial charge in [0.1, 0.15) is 5.03 Å². The minimum Gasteiger partial charge on any atom is -0.321 e. The monoisotopic (exact) mass is 363 g/mol. The summed E-state index contributed by atoms with van der Waals surface area (Å²) in [7, 11) is 0. The molecule has 0 bridgehead atoms. The summed E-state index contributed by atoms with van der Waals surface area (Å²) in [5, 5.41) is 1.45. The van der Waals surface area contributed by atoms with Crippen molar-refractivity contribution in [3.8, 4) is 0 Å². The summed E-state index contributed by atoms with van der Waals surface area (Å²) < 4.78 is 38.0. The van der Waals surface area contributed by atoms with Gasteiger partial charge in [0.2, 0.25) is 0 Å². The van der Waals surface area contributed by atoms with Gasteiger partial charge in [-0.25, -0.2) is 0 Å². The number of benzene rings is 1. The van der Waals surface area contributed by atoms with E-state index in [-0.39, 0.29) is 15.1 Å². The lowest BCUT2D eigenvalue weighted by Gasteiger charge is -2.11. The number of hydrogen-bond donors (Lipinski definition) is 1. The second-order valence-electron chi connectivity index (χ2n) is 3.44. The van der Waals surface area contributed by atoms with Crippen LogP contribution in [0.25, 0.3) is 0 Å². The van der Waals surface area contributed by atoms with Crippen LogP contribution >= 0.6 is 46.6 Å². The molecule has 9 heteroatoms. The molecule has 0 atom stereocenters. The predicted octanol–water partition coefficient (Wildman–Crippen LogP) is 5.31. The van der Waals surface area contributed by atoms with Crippen LogP contribution < -0.4 is 5.32 Å². The fourth-order valence-electron chi connectivity index (χ4n) is 1.19. The molecule has 0 aliphatic carbocycles. The van der Waals surface area contributed by atoms with E-state index in [0.717, 1.165) is 23.9 Å². The fourth-order valence-corrected chi connectivity index (χ4v) is 2.05. The van der Waals surface area contributed by atoms with Crippen LogP contribution in [0.2, 0.25) is 5.02 Å². The van der Waals surface area contributed by atoms with Crippen molar-refractivity contribution in [1.82, 2.24) is 0 Å². The summed E-state index contributed by atoms with van der Waals surface area (Å²) in [6.45, 7) is 0. The Morgan fingerprint density at radius 3 is 2.40 bits per heavy atom. The van der Waals surface area contributed by atoms with Gasteiger partial charge < -0.3 is 5.32 Å². The van der Waals surface area contributed by atoms with E-state index >= 15 is 0 Å². The minimum absolute atomic E-state index is 0.0363. The highest BCUT2D eigenvalue weighted by atomic mass is 35.5. The van der Waals surface area contributed by atoms with E-state index in [0.29, 0.717) is 0 Å².